The molecule has 0 aliphatic rings. The molecule has 1 atom stereocenters. The van der Waals surface area contributed by atoms with Crippen molar-refractivity contribution in [1.82, 2.24) is 0 Å². The molecule has 0 saturated heterocycles. The van der Waals surface area contributed by atoms with E-state index in [1.54, 1.807) is 31.2 Å². The molecule has 0 aliphatic carbocycles. The van der Waals surface area contributed by atoms with Gasteiger partial charge in [0.2, 0.25) is 0 Å². The Morgan fingerprint density at radius 2 is 1.95 bits per heavy atom. The van der Waals surface area contributed by atoms with Gasteiger partial charge in [0.15, 0.2) is 11.6 Å². The number of rotatable bonds is 3. The van der Waals surface area contributed by atoms with E-state index in [9.17, 15) is 4.39 Å². The fraction of sp³-hybridized carbons (Fsp3) is 0.200. The summed E-state index contributed by atoms with van der Waals surface area (Å²) >= 11 is 3.39. The quantitative estimate of drug-likeness (QED) is 0.887. The van der Waals surface area contributed by atoms with Crippen LogP contribution in [0.25, 0.3) is 0 Å². The van der Waals surface area contributed by atoms with Crippen molar-refractivity contribution >= 4 is 15.9 Å². The minimum absolute atomic E-state index is 0.194. The molecular weight excluding hydrogens is 309 g/mol. The third-order valence-electron chi connectivity index (χ3n) is 2.84. The van der Waals surface area contributed by atoms with Crippen molar-refractivity contribution in [3.05, 3.63) is 57.8 Å². The normalized spacial score (nSPS) is 12.3. The summed E-state index contributed by atoms with van der Waals surface area (Å²) in [7, 11) is 0. The zero-order valence-corrected chi connectivity index (χ0v) is 12.4. The van der Waals surface area contributed by atoms with Gasteiger partial charge >= 0.3 is 0 Å². The van der Waals surface area contributed by atoms with Crippen LogP contribution < -0.4 is 10.5 Å². The molecule has 2 N–H and O–H groups in total. The summed E-state index contributed by atoms with van der Waals surface area (Å²) in [4.78, 5) is 0. The molecule has 0 aliphatic heterocycles. The van der Waals surface area contributed by atoms with Gasteiger partial charge in [0, 0.05) is 16.1 Å². The summed E-state index contributed by atoms with van der Waals surface area (Å²) in [5.74, 6) is 0.438. The number of hydrogen-bond donors (Lipinski definition) is 1. The van der Waals surface area contributed by atoms with Gasteiger partial charge in [-0.3, -0.25) is 0 Å². The van der Waals surface area contributed by atoms with Crippen molar-refractivity contribution in [2.24, 2.45) is 5.73 Å². The van der Waals surface area contributed by atoms with Gasteiger partial charge in [0.1, 0.15) is 5.75 Å². The van der Waals surface area contributed by atoms with Crippen LogP contribution in [0.5, 0.6) is 11.5 Å². The van der Waals surface area contributed by atoms with Gasteiger partial charge in [-0.2, -0.15) is 0 Å². The molecule has 4 heteroatoms. The molecule has 0 amide bonds. The molecule has 0 aromatic heterocycles. The minimum atomic E-state index is -0.346. The van der Waals surface area contributed by atoms with Crippen LogP contribution in [-0.4, -0.2) is 0 Å². The van der Waals surface area contributed by atoms with Gasteiger partial charge in [0.25, 0.3) is 0 Å². The largest absolute Gasteiger partial charge is 0.454 e. The molecule has 19 heavy (non-hydrogen) atoms. The highest BCUT2D eigenvalue weighted by atomic mass is 79.9. The number of ether oxygens (including phenoxy) is 1. The molecule has 100 valence electrons. The molecule has 2 rings (SSSR count). The van der Waals surface area contributed by atoms with Crippen molar-refractivity contribution in [2.75, 3.05) is 0 Å². The molecule has 0 radical (unpaired) electrons. The van der Waals surface area contributed by atoms with Crippen molar-refractivity contribution in [2.45, 2.75) is 19.9 Å². The first kappa shape index (κ1) is 14.0. The Kier molecular flexibility index (Phi) is 4.22. The first-order valence-electron chi connectivity index (χ1n) is 5.97. The number of benzene rings is 2. The maximum absolute atomic E-state index is 13.9. The predicted molar refractivity (Wildman–Crippen MR) is 78.0 cm³/mol. The number of hydrogen-bond acceptors (Lipinski definition) is 2. The summed E-state index contributed by atoms with van der Waals surface area (Å²) in [6, 6.07) is 10.4. The molecule has 0 fully saturated rings. The van der Waals surface area contributed by atoms with E-state index < -0.39 is 0 Å². The monoisotopic (exact) mass is 323 g/mol. The maximum atomic E-state index is 13.9. The molecule has 0 bridgehead atoms. The summed E-state index contributed by atoms with van der Waals surface area (Å²) in [5, 5.41) is 0. The Morgan fingerprint density at radius 3 is 2.63 bits per heavy atom. The Morgan fingerprint density at radius 1 is 1.21 bits per heavy atom. The molecule has 0 heterocycles. The predicted octanol–water partition coefficient (Wildman–Crippen LogP) is 4.71. The summed E-state index contributed by atoms with van der Waals surface area (Å²) < 4.78 is 20.5. The van der Waals surface area contributed by atoms with Crippen LogP contribution in [0.3, 0.4) is 0 Å². The first-order valence-corrected chi connectivity index (χ1v) is 6.76. The maximum Gasteiger partial charge on any atom is 0.168 e. The molecule has 0 spiro atoms. The van der Waals surface area contributed by atoms with E-state index in [-0.39, 0.29) is 17.6 Å². The van der Waals surface area contributed by atoms with E-state index in [0.29, 0.717) is 11.3 Å². The lowest BCUT2D eigenvalue weighted by molar-refractivity contribution is 0.433. The van der Waals surface area contributed by atoms with Crippen molar-refractivity contribution < 1.29 is 9.13 Å². The number of aryl methyl sites for hydroxylation is 1. The van der Waals surface area contributed by atoms with Gasteiger partial charge in [-0.25, -0.2) is 4.39 Å². The van der Waals surface area contributed by atoms with Crippen LogP contribution in [0.15, 0.2) is 40.9 Å². The van der Waals surface area contributed by atoms with Crippen LogP contribution >= 0.6 is 15.9 Å². The standard InChI is InChI=1S/C15H15BrFNO/c1-9-4-3-5-14(15(9)17)19-13-7-6-11(16)8-12(13)10(2)18/h3-8,10H,18H2,1-2H3. The van der Waals surface area contributed by atoms with Crippen LogP contribution in [0.4, 0.5) is 4.39 Å². The topological polar surface area (TPSA) is 35.2 Å². The van der Waals surface area contributed by atoms with Gasteiger partial charge in [-0.1, -0.05) is 28.1 Å². The molecule has 2 nitrogen and oxygen atoms in total. The van der Waals surface area contributed by atoms with E-state index in [2.05, 4.69) is 15.9 Å². The summed E-state index contributed by atoms with van der Waals surface area (Å²) in [6.07, 6.45) is 0. The SMILES string of the molecule is Cc1cccc(Oc2ccc(Br)cc2C(C)N)c1F. The van der Waals surface area contributed by atoms with E-state index in [1.807, 2.05) is 19.1 Å². The molecule has 1 unspecified atom stereocenters. The first-order chi connectivity index (χ1) is 8.99. The third kappa shape index (κ3) is 3.14. The molecule has 0 saturated carbocycles. The second-order valence-electron chi connectivity index (χ2n) is 4.46. The van der Waals surface area contributed by atoms with E-state index >= 15 is 0 Å². The van der Waals surface area contributed by atoms with E-state index in [4.69, 9.17) is 10.5 Å². The second-order valence-corrected chi connectivity index (χ2v) is 5.38. The zero-order valence-electron chi connectivity index (χ0n) is 10.8. The summed E-state index contributed by atoms with van der Waals surface area (Å²) in [5.41, 5.74) is 7.29. The lowest BCUT2D eigenvalue weighted by atomic mass is 10.1. The van der Waals surface area contributed by atoms with Crippen LogP contribution in [-0.2, 0) is 0 Å². The number of halogens is 2. The van der Waals surface area contributed by atoms with Gasteiger partial charge in [-0.05, 0) is 43.7 Å². The minimum Gasteiger partial charge on any atom is -0.454 e. The highest BCUT2D eigenvalue weighted by Gasteiger charge is 2.12. The molecule has 2 aromatic carbocycles. The Labute approximate surface area is 120 Å². The highest BCUT2D eigenvalue weighted by molar-refractivity contribution is 9.10. The van der Waals surface area contributed by atoms with Crippen molar-refractivity contribution in [1.29, 1.82) is 0 Å². The second kappa shape index (κ2) is 5.72. The van der Waals surface area contributed by atoms with Gasteiger partial charge < -0.3 is 10.5 Å². The highest BCUT2D eigenvalue weighted by Crippen LogP contribution is 2.32. The smallest absolute Gasteiger partial charge is 0.168 e. The average Bonchev–Trinajstić information content (AvgIpc) is 2.36. The molecular formula is C15H15BrFNO. The average molecular weight is 324 g/mol. The third-order valence-corrected chi connectivity index (χ3v) is 3.33. The van der Waals surface area contributed by atoms with Crippen LogP contribution in [0.2, 0.25) is 0 Å². The fourth-order valence-corrected chi connectivity index (χ4v) is 2.16. The Balaban J connectivity index is 2.41. The van der Waals surface area contributed by atoms with Crippen molar-refractivity contribution in [3.63, 3.8) is 0 Å². The Bertz CT molecular complexity index is 599. The van der Waals surface area contributed by atoms with Crippen molar-refractivity contribution in [3.8, 4) is 11.5 Å². The lowest BCUT2D eigenvalue weighted by Gasteiger charge is -2.15. The van der Waals surface area contributed by atoms with Gasteiger partial charge in [0.05, 0.1) is 0 Å². The molecule has 2 aromatic rings. The van der Waals surface area contributed by atoms with Gasteiger partial charge in [-0.15, -0.1) is 0 Å². The summed E-state index contributed by atoms with van der Waals surface area (Å²) in [6.45, 7) is 3.57. The zero-order chi connectivity index (χ0) is 14.0. The number of nitrogens with two attached hydrogens (primary N) is 1. The lowest BCUT2D eigenvalue weighted by Crippen LogP contribution is -2.07. The Hall–Kier alpha value is -1.39. The fourth-order valence-electron chi connectivity index (χ4n) is 1.79. The van der Waals surface area contributed by atoms with E-state index in [0.717, 1.165) is 10.0 Å². The van der Waals surface area contributed by atoms with Crippen LogP contribution in [0, 0.1) is 12.7 Å². The van der Waals surface area contributed by atoms with E-state index in [1.165, 1.54) is 0 Å². The van der Waals surface area contributed by atoms with Crippen LogP contribution in [0.1, 0.15) is 24.1 Å².